The van der Waals surface area contributed by atoms with Gasteiger partial charge in [0, 0.05) is 29.6 Å². The average Bonchev–Trinajstić information content (AvgIpc) is 3.37. The van der Waals surface area contributed by atoms with Crippen molar-refractivity contribution in [2.24, 2.45) is 0 Å². The third-order valence-corrected chi connectivity index (χ3v) is 8.40. The first-order chi connectivity index (χ1) is 20.5. The molecule has 5 rings (SSSR count). The van der Waals surface area contributed by atoms with E-state index in [-0.39, 0.29) is 17.0 Å². The number of hydrogen-bond acceptors (Lipinski definition) is 5. The van der Waals surface area contributed by atoms with Gasteiger partial charge in [0.25, 0.3) is 0 Å². The highest BCUT2D eigenvalue weighted by Gasteiger charge is 2.15. The van der Waals surface area contributed by atoms with E-state index < -0.39 is 21.6 Å². The topological polar surface area (TPSA) is 78.3 Å². The first-order valence-electron chi connectivity index (χ1n) is 13.0. The van der Waals surface area contributed by atoms with Crippen molar-refractivity contribution in [3.05, 3.63) is 130 Å². The SMILES string of the molecule is COC(=O)c1ccc(Cn2cc(-c3ccc(Cl)cc3Cl)nc2/C=C/c2ccc(-c3cccc(S(C)(=O)=O)c3)cc2)cc1F. The van der Waals surface area contributed by atoms with Gasteiger partial charge in [-0.15, -0.1) is 0 Å². The third-order valence-electron chi connectivity index (χ3n) is 6.74. The van der Waals surface area contributed by atoms with Gasteiger partial charge in [-0.2, -0.15) is 0 Å². The molecule has 0 saturated carbocycles. The highest BCUT2D eigenvalue weighted by molar-refractivity contribution is 7.90. The van der Waals surface area contributed by atoms with Crippen molar-refractivity contribution < 1.29 is 22.3 Å². The molecule has 0 atom stereocenters. The highest BCUT2D eigenvalue weighted by Crippen LogP contribution is 2.31. The summed E-state index contributed by atoms with van der Waals surface area (Å²) in [4.78, 5) is 16.9. The number of hydrogen-bond donors (Lipinski definition) is 0. The second-order valence-corrected chi connectivity index (χ2v) is 12.7. The van der Waals surface area contributed by atoms with Crippen LogP contribution in [0.2, 0.25) is 10.0 Å². The molecule has 4 aromatic carbocycles. The predicted molar refractivity (Wildman–Crippen MR) is 168 cm³/mol. The second-order valence-electron chi connectivity index (χ2n) is 9.80. The summed E-state index contributed by atoms with van der Waals surface area (Å²) in [6, 6.07) is 24.0. The standard InChI is InChI=1S/C33H25Cl2FN2O4S/c1-42-33(39)28-13-8-22(16-30(28)36)19-38-20-31(27-14-12-25(34)18-29(27)35)37-32(38)15-9-21-6-10-23(11-7-21)24-4-3-5-26(17-24)43(2,40)41/h3-18,20H,19H2,1-2H3/b15-9+. The molecule has 0 aliphatic heterocycles. The predicted octanol–water partition coefficient (Wildman–Crippen LogP) is 8.07. The van der Waals surface area contributed by atoms with Crippen molar-refractivity contribution in [2.75, 3.05) is 13.4 Å². The lowest BCUT2D eigenvalue weighted by Gasteiger charge is -2.08. The van der Waals surface area contributed by atoms with Crippen LogP contribution in [0.5, 0.6) is 0 Å². The fourth-order valence-electron chi connectivity index (χ4n) is 4.51. The normalized spacial score (nSPS) is 11.7. The Labute approximate surface area is 258 Å². The van der Waals surface area contributed by atoms with Gasteiger partial charge in [0.15, 0.2) is 9.84 Å². The van der Waals surface area contributed by atoms with E-state index in [1.165, 1.54) is 25.5 Å². The van der Waals surface area contributed by atoms with Crippen LogP contribution < -0.4 is 0 Å². The summed E-state index contributed by atoms with van der Waals surface area (Å²) in [5, 5.41) is 0.942. The zero-order valence-electron chi connectivity index (χ0n) is 23.1. The molecule has 6 nitrogen and oxygen atoms in total. The first-order valence-corrected chi connectivity index (χ1v) is 15.6. The fraction of sp³-hybridized carbons (Fsp3) is 0.0909. The quantitative estimate of drug-likeness (QED) is 0.161. The summed E-state index contributed by atoms with van der Waals surface area (Å²) >= 11 is 12.5. The van der Waals surface area contributed by atoms with Gasteiger partial charge < -0.3 is 9.30 Å². The smallest absolute Gasteiger partial charge is 0.340 e. The van der Waals surface area contributed by atoms with Gasteiger partial charge >= 0.3 is 5.97 Å². The molecule has 0 fully saturated rings. The summed E-state index contributed by atoms with van der Waals surface area (Å²) in [5.41, 5.74) is 4.33. The molecule has 0 radical (unpaired) electrons. The lowest BCUT2D eigenvalue weighted by molar-refractivity contribution is 0.0595. The van der Waals surface area contributed by atoms with Crippen LogP contribution in [0.3, 0.4) is 0 Å². The van der Waals surface area contributed by atoms with E-state index in [2.05, 4.69) is 4.74 Å². The molecule has 0 bridgehead atoms. The molecule has 0 aliphatic rings. The molecular weight excluding hydrogens is 610 g/mol. The maximum atomic E-state index is 14.7. The minimum absolute atomic E-state index is 0.142. The summed E-state index contributed by atoms with van der Waals surface area (Å²) < 4.78 is 45.1. The van der Waals surface area contributed by atoms with Gasteiger partial charge in [0.1, 0.15) is 11.6 Å². The molecule has 5 aromatic rings. The second kappa shape index (κ2) is 12.6. The van der Waals surface area contributed by atoms with Crippen molar-refractivity contribution in [3.8, 4) is 22.4 Å². The van der Waals surface area contributed by atoms with Crippen LogP contribution in [-0.2, 0) is 21.1 Å². The number of rotatable bonds is 8. The summed E-state index contributed by atoms with van der Waals surface area (Å²) in [6.45, 7) is 0.270. The van der Waals surface area contributed by atoms with E-state index in [0.717, 1.165) is 16.7 Å². The number of sulfone groups is 1. The lowest BCUT2D eigenvalue weighted by Crippen LogP contribution is -2.06. The molecule has 1 aromatic heterocycles. The van der Waals surface area contributed by atoms with Crippen LogP contribution in [0.25, 0.3) is 34.5 Å². The Bertz CT molecular complexity index is 1970. The van der Waals surface area contributed by atoms with E-state index in [1.54, 1.807) is 42.5 Å². The van der Waals surface area contributed by atoms with E-state index in [1.807, 2.05) is 53.2 Å². The lowest BCUT2D eigenvalue weighted by atomic mass is 10.0. The van der Waals surface area contributed by atoms with Crippen LogP contribution in [0.4, 0.5) is 4.39 Å². The number of esters is 1. The van der Waals surface area contributed by atoms with Gasteiger partial charge in [0.05, 0.1) is 28.3 Å². The summed E-state index contributed by atoms with van der Waals surface area (Å²) in [5.74, 6) is -0.836. The van der Waals surface area contributed by atoms with Crippen molar-refractivity contribution in [1.29, 1.82) is 0 Å². The molecule has 0 unspecified atom stereocenters. The molecular formula is C33H25Cl2FN2O4S. The van der Waals surface area contributed by atoms with Crippen molar-refractivity contribution in [3.63, 3.8) is 0 Å². The fourth-order valence-corrected chi connectivity index (χ4v) is 5.68. The number of halogens is 3. The van der Waals surface area contributed by atoms with E-state index in [4.69, 9.17) is 28.2 Å². The number of carbonyl (C=O) groups excluding carboxylic acids is 1. The average molecular weight is 636 g/mol. The maximum Gasteiger partial charge on any atom is 0.340 e. The van der Waals surface area contributed by atoms with E-state index in [0.29, 0.717) is 32.7 Å². The van der Waals surface area contributed by atoms with Crippen LogP contribution >= 0.6 is 23.2 Å². The number of carbonyl (C=O) groups is 1. The molecule has 0 aliphatic carbocycles. The van der Waals surface area contributed by atoms with Gasteiger partial charge in [-0.3, -0.25) is 0 Å². The van der Waals surface area contributed by atoms with E-state index in [9.17, 15) is 17.6 Å². The maximum absolute atomic E-state index is 14.7. The Morgan fingerprint density at radius 1 is 0.953 bits per heavy atom. The Morgan fingerprint density at radius 3 is 2.40 bits per heavy atom. The van der Waals surface area contributed by atoms with Crippen LogP contribution in [0.1, 0.15) is 27.3 Å². The zero-order valence-corrected chi connectivity index (χ0v) is 25.4. The molecule has 0 N–H and O–H groups in total. The van der Waals surface area contributed by atoms with Crippen LogP contribution in [-0.4, -0.2) is 37.3 Å². The van der Waals surface area contributed by atoms with Crippen molar-refractivity contribution >= 4 is 51.2 Å². The summed E-state index contributed by atoms with van der Waals surface area (Å²) in [7, 11) is -2.12. The Balaban J connectivity index is 1.46. The minimum atomic E-state index is -3.32. The molecule has 1 heterocycles. The minimum Gasteiger partial charge on any atom is -0.465 e. The van der Waals surface area contributed by atoms with Crippen LogP contribution in [0.15, 0.2) is 96.0 Å². The first kappa shape index (κ1) is 30.2. The Kier molecular flexibility index (Phi) is 8.82. The number of benzene rings is 4. The third kappa shape index (κ3) is 7.05. The number of aromatic nitrogens is 2. The molecule has 0 saturated heterocycles. The highest BCUT2D eigenvalue weighted by atomic mass is 35.5. The molecule has 218 valence electrons. The molecule has 10 heteroatoms. The van der Waals surface area contributed by atoms with Crippen LogP contribution in [0, 0.1) is 5.82 Å². The van der Waals surface area contributed by atoms with E-state index >= 15 is 0 Å². The van der Waals surface area contributed by atoms with Gasteiger partial charge in [-0.25, -0.2) is 22.6 Å². The van der Waals surface area contributed by atoms with Crippen molar-refractivity contribution in [1.82, 2.24) is 9.55 Å². The molecule has 43 heavy (non-hydrogen) atoms. The number of nitrogens with zero attached hydrogens (tertiary/aromatic N) is 2. The Morgan fingerprint density at radius 2 is 1.72 bits per heavy atom. The van der Waals surface area contributed by atoms with Crippen molar-refractivity contribution in [2.45, 2.75) is 11.4 Å². The van der Waals surface area contributed by atoms with Gasteiger partial charge in [0.2, 0.25) is 0 Å². The molecule has 0 amide bonds. The molecule has 0 spiro atoms. The number of imidazole rings is 1. The van der Waals surface area contributed by atoms with Gasteiger partial charge in [-0.1, -0.05) is 71.7 Å². The zero-order chi connectivity index (χ0) is 30.7. The van der Waals surface area contributed by atoms with Gasteiger partial charge in [-0.05, 0) is 70.8 Å². The monoisotopic (exact) mass is 634 g/mol. The Hall–Kier alpha value is -4.24. The number of methoxy groups -OCH3 is 1. The summed E-state index contributed by atoms with van der Waals surface area (Å²) in [6.07, 6.45) is 6.73. The number of ether oxygens (including phenoxy) is 1. The largest absolute Gasteiger partial charge is 0.465 e.